The number of hydrogen-bond donors (Lipinski definition) is 0. The molecule has 0 N–H and O–H groups in total. The minimum atomic E-state index is -0.690. The first-order valence-electron chi connectivity index (χ1n) is 10.2. The predicted octanol–water partition coefficient (Wildman–Crippen LogP) is 1.82. The molecule has 0 aliphatic carbocycles. The molecule has 0 spiro atoms. The Hall–Kier alpha value is -2.63. The zero-order valence-corrected chi connectivity index (χ0v) is 18.0. The van der Waals surface area contributed by atoms with Crippen molar-refractivity contribution in [2.75, 3.05) is 34.4 Å². The van der Waals surface area contributed by atoms with Gasteiger partial charge in [-0.25, -0.2) is 0 Å². The lowest BCUT2D eigenvalue weighted by molar-refractivity contribution is -0.152. The summed E-state index contributed by atoms with van der Waals surface area (Å²) in [5, 5.41) is 9.23. The van der Waals surface area contributed by atoms with Gasteiger partial charge in [0.2, 0.25) is 5.91 Å². The average molecular weight is 415 g/mol. The first-order chi connectivity index (χ1) is 14.3. The first-order valence-corrected chi connectivity index (χ1v) is 10.2. The van der Waals surface area contributed by atoms with E-state index in [1.807, 2.05) is 6.07 Å². The van der Waals surface area contributed by atoms with E-state index in [-0.39, 0.29) is 35.7 Å². The second-order valence-electron chi connectivity index (χ2n) is 7.92. The lowest BCUT2D eigenvalue weighted by Crippen LogP contribution is -2.52. The molecule has 1 aromatic carbocycles. The van der Waals surface area contributed by atoms with Gasteiger partial charge in [0, 0.05) is 34.2 Å². The second-order valence-corrected chi connectivity index (χ2v) is 7.92. The van der Waals surface area contributed by atoms with Crippen LogP contribution in [0.5, 0.6) is 5.75 Å². The summed E-state index contributed by atoms with van der Waals surface area (Å²) >= 11 is 0. The van der Waals surface area contributed by atoms with Crippen LogP contribution in [0.15, 0.2) is 18.2 Å². The van der Waals surface area contributed by atoms with E-state index in [4.69, 9.17) is 14.2 Å². The molecule has 1 aromatic rings. The molecule has 8 nitrogen and oxygen atoms in total. The normalized spacial score (nSPS) is 28.2. The molecule has 2 heterocycles. The van der Waals surface area contributed by atoms with E-state index in [1.54, 1.807) is 45.2 Å². The van der Waals surface area contributed by atoms with Gasteiger partial charge in [-0.1, -0.05) is 0 Å². The van der Waals surface area contributed by atoms with Gasteiger partial charge in [0.25, 0.3) is 5.91 Å². The Morgan fingerprint density at radius 3 is 2.67 bits per heavy atom. The molecule has 30 heavy (non-hydrogen) atoms. The fraction of sp³-hybridized carbons (Fsp3) is 0.591. The van der Waals surface area contributed by atoms with Crippen molar-refractivity contribution < 1.29 is 23.8 Å². The molecule has 1 fully saturated rings. The molecule has 1 saturated heterocycles. The number of fused-ring (bicyclic) bond motifs is 3. The van der Waals surface area contributed by atoms with Crippen LogP contribution in [0.2, 0.25) is 0 Å². The van der Waals surface area contributed by atoms with Crippen molar-refractivity contribution >= 4 is 11.8 Å². The lowest BCUT2D eigenvalue weighted by atomic mass is 9.98. The number of methoxy groups -OCH3 is 1. The Morgan fingerprint density at radius 1 is 1.20 bits per heavy atom. The maximum absolute atomic E-state index is 13.2. The van der Waals surface area contributed by atoms with Gasteiger partial charge in [-0.15, -0.1) is 0 Å². The van der Waals surface area contributed by atoms with Crippen LogP contribution in [-0.2, 0) is 14.3 Å². The van der Waals surface area contributed by atoms with Crippen LogP contribution in [0.25, 0.3) is 0 Å². The van der Waals surface area contributed by atoms with Crippen molar-refractivity contribution in [2.24, 2.45) is 0 Å². The van der Waals surface area contributed by atoms with Crippen molar-refractivity contribution in [3.63, 3.8) is 0 Å². The molecule has 2 aliphatic heterocycles. The van der Waals surface area contributed by atoms with Crippen LogP contribution in [0, 0.1) is 11.3 Å². The molecule has 0 unspecified atom stereocenters. The van der Waals surface area contributed by atoms with Crippen molar-refractivity contribution in [1.82, 2.24) is 9.80 Å². The number of carbonyl (C=O) groups excluding carboxylic acids is 2. The van der Waals surface area contributed by atoms with Gasteiger partial charge < -0.3 is 24.0 Å². The highest BCUT2D eigenvalue weighted by molar-refractivity contribution is 5.99. The van der Waals surface area contributed by atoms with Crippen LogP contribution in [0.1, 0.15) is 42.1 Å². The molecular weight excluding hydrogens is 386 g/mol. The summed E-state index contributed by atoms with van der Waals surface area (Å²) < 4.78 is 17.7. The SMILES string of the molecule is CO[C@H]1CC[C@H]2CCOc3ccc(C#N)cc3C(=O)N(C)[C@H](C)C(=O)N(C)C[C@H]1O2. The van der Waals surface area contributed by atoms with Gasteiger partial charge in [-0.3, -0.25) is 9.59 Å². The smallest absolute Gasteiger partial charge is 0.258 e. The summed E-state index contributed by atoms with van der Waals surface area (Å²) in [4.78, 5) is 29.1. The van der Waals surface area contributed by atoms with Crippen LogP contribution < -0.4 is 4.74 Å². The Balaban J connectivity index is 1.94. The van der Waals surface area contributed by atoms with Crippen molar-refractivity contribution in [1.29, 1.82) is 5.26 Å². The highest BCUT2D eigenvalue weighted by Gasteiger charge is 2.35. The molecular formula is C22H29N3O5. The van der Waals surface area contributed by atoms with E-state index in [0.717, 1.165) is 12.8 Å². The molecule has 0 aromatic heterocycles. The van der Waals surface area contributed by atoms with Crippen LogP contribution >= 0.6 is 0 Å². The molecule has 8 heteroatoms. The van der Waals surface area contributed by atoms with Crippen LogP contribution in [-0.4, -0.2) is 80.3 Å². The molecule has 0 saturated carbocycles. The third kappa shape index (κ3) is 4.58. The highest BCUT2D eigenvalue weighted by atomic mass is 16.5. The molecule has 3 rings (SSSR count). The van der Waals surface area contributed by atoms with Gasteiger partial charge in [-0.05, 0) is 38.0 Å². The van der Waals surface area contributed by atoms with Crippen LogP contribution in [0.3, 0.4) is 0 Å². The van der Waals surface area contributed by atoms with E-state index in [9.17, 15) is 14.9 Å². The maximum atomic E-state index is 13.2. The average Bonchev–Trinajstić information content (AvgIpc) is 2.76. The number of hydrogen-bond acceptors (Lipinski definition) is 6. The Morgan fingerprint density at radius 2 is 1.97 bits per heavy atom. The maximum Gasteiger partial charge on any atom is 0.258 e. The minimum absolute atomic E-state index is 0.00882. The molecule has 2 bridgehead atoms. The number of benzene rings is 1. The fourth-order valence-corrected chi connectivity index (χ4v) is 3.98. The number of amides is 2. The largest absolute Gasteiger partial charge is 0.493 e. The van der Waals surface area contributed by atoms with E-state index in [2.05, 4.69) is 0 Å². The number of nitrogens with zero attached hydrogens (tertiary/aromatic N) is 3. The van der Waals surface area contributed by atoms with Crippen LogP contribution in [0.4, 0.5) is 0 Å². The van der Waals surface area contributed by atoms with Gasteiger partial charge in [0.15, 0.2) is 0 Å². The topological polar surface area (TPSA) is 92.1 Å². The zero-order valence-electron chi connectivity index (χ0n) is 18.0. The first kappa shape index (κ1) is 22.1. The number of carbonyl (C=O) groups is 2. The Bertz CT molecular complexity index is 837. The number of likely N-dealkylation sites (N-methyl/N-ethyl adjacent to an activating group) is 2. The van der Waals surface area contributed by atoms with E-state index in [1.165, 1.54) is 11.0 Å². The molecule has 2 aliphatic rings. The van der Waals surface area contributed by atoms with Crippen molar-refractivity contribution in [3.8, 4) is 11.8 Å². The summed E-state index contributed by atoms with van der Waals surface area (Å²) in [6, 6.07) is 6.12. The van der Waals surface area contributed by atoms with Crippen molar-refractivity contribution in [2.45, 2.75) is 50.5 Å². The molecule has 0 radical (unpaired) electrons. The monoisotopic (exact) mass is 415 g/mol. The lowest BCUT2D eigenvalue weighted by Gasteiger charge is -2.39. The second kappa shape index (κ2) is 9.45. The minimum Gasteiger partial charge on any atom is -0.493 e. The predicted molar refractivity (Wildman–Crippen MR) is 109 cm³/mol. The van der Waals surface area contributed by atoms with E-state index in [0.29, 0.717) is 30.9 Å². The molecule has 162 valence electrons. The van der Waals surface area contributed by atoms with Gasteiger partial charge in [0.1, 0.15) is 17.9 Å². The standard InChI is InChI=1S/C22H29N3O5/c1-14-21(26)24(2)13-20-19(28-4)8-6-16(30-20)9-10-29-18-7-5-15(12-23)11-17(18)22(27)25(14)3/h5,7,11,14,16,19-20H,6,8-10,13H2,1-4H3/t14-,16+,19+,20-/m1/s1. The molecule has 4 atom stereocenters. The summed E-state index contributed by atoms with van der Waals surface area (Å²) in [6.45, 7) is 2.46. The number of ether oxygens (including phenoxy) is 3. The van der Waals surface area contributed by atoms with Gasteiger partial charge in [0.05, 0.1) is 36.0 Å². The fourth-order valence-electron chi connectivity index (χ4n) is 3.98. The number of nitriles is 1. The van der Waals surface area contributed by atoms with Gasteiger partial charge in [-0.2, -0.15) is 5.26 Å². The summed E-state index contributed by atoms with van der Waals surface area (Å²) in [5.41, 5.74) is 0.637. The third-order valence-corrected chi connectivity index (χ3v) is 5.98. The zero-order chi connectivity index (χ0) is 21.8. The molecule has 2 amide bonds. The van der Waals surface area contributed by atoms with Gasteiger partial charge >= 0.3 is 0 Å². The van der Waals surface area contributed by atoms with E-state index < -0.39 is 6.04 Å². The van der Waals surface area contributed by atoms with Crippen molar-refractivity contribution in [3.05, 3.63) is 29.3 Å². The summed E-state index contributed by atoms with van der Waals surface area (Å²) in [6.07, 6.45) is 2.03. The quantitative estimate of drug-likeness (QED) is 0.695. The van der Waals surface area contributed by atoms with E-state index >= 15 is 0 Å². The summed E-state index contributed by atoms with van der Waals surface area (Å²) in [5.74, 6) is -0.153. The summed E-state index contributed by atoms with van der Waals surface area (Å²) in [7, 11) is 4.96. The number of rotatable bonds is 1. The Labute approximate surface area is 177 Å². The Kier molecular flexibility index (Phi) is 6.95. The third-order valence-electron chi connectivity index (χ3n) is 5.98. The highest BCUT2D eigenvalue weighted by Crippen LogP contribution is 2.27.